The predicted octanol–water partition coefficient (Wildman–Crippen LogP) is 3.56. The van der Waals surface area contributed by atoms with E-state index in [1.165, 1.54) is 6.92 Å². The lowest BCUT2D eigenvalue weighted by Gasteiger charge is -2.21. The molecule has 0 aromatic heterocycles. The number of hydrogen-bond donors (Lipinski definition) is 1. The van der Waals surface area contributed by atoms with E-state index in [9.17, 15) is 9.18 Å². The Bertz CT molecular complexity index is 156. The Kier molecular flexibility index (Phi) is 12.9. The van der Waals surface area contributed by atoms with E-state index in [0.29, 0.717) is 0 Å². The SMILES string of the molecule is CC.CCCCC(C)C(CF)NC(C)=O.[HH]. The highest BCUT2D eigenvalue weighted by Crippen LogP contribution is 2.12. The Balaban J connectivity index is -0.000000529. The van der Waals surface area contributed by atoms with E-state index in [0.717, 1.165) is 19.3 Å². The average Bonchev–Trinajstić information content (AvgIpc) is 2.25. The van der Waals surface area contributed by atoms with Gasteiger partial charge in [-0.15, -0.1) is 0 Å². The summed E-state index contributed by atoms with van der Waals surface area (Å²) in [5, 5.41) is 2.62. The Morgan fingerprint density at radius 1 is 1.47 bits per heavy atom. The van der Waals surface area contributed by atoms with Crippen molar-refractivity contribution in [3.05, 3.63) is 0 Å². The van der Waals surface area contributed by atoms with Crippen LogP contribution < -0.4 is 5.32 Å². The summed E-state index contributed by atoms with van der Waals surface area (Å²) in [5.74, 6) is 0.0832. The first-order chi connectivity index (χ1) is 7.11. The van der Waals surface area contributed by atoms with Crippen LogP contribution in [0.3, 0.4) is 0 Å². The minimum absolute atomic E-state index is 0. The van der Waals surface area contributed by atoms with Crippen molar-refractivity contribution in [3.8, 4) is 0 Å². The Morgan fingerprint density at radius 2 is 2.00 bits per heavy atom. The monoisotopic (exact) mass is 221 g/mol. The Labute approximate surface area is 95.1 Å². The van der Waals surface area contributed by atoms with Gasteiger partial charge in [0.05, 0.1) is 6.04 Å². The second-order valence-electron chi connectivity index (χ2n) is 3.58. The van der Waals surface area contributed by atoms with Crippen LogP contribution in [0.5, 0.6) is 0 Å². The second kappa shape index (κ2) is 11.5. The fraction of sp³-hybridized carbons (Fsp3) is 0.917. The normalized spacial score (nSPS) is 13.5. The molecule has 0 aromatic carbocycles. The van der Waals surface area contributed by atoms with Crippen molar-refractivity contribution < 1.29 is 10.6 Å². The fourth-order valence-corrected chi connectivity index (χ4v) is 1.32. The zero-order valence-electron chi connectivity index (χ0n) is 10.8. The zero-order chi connectivity index (χ0) is 12.3. The lowest BCUT2D eigenvalue weighted by atomic mass is 9.96. The average molecular weight is 221 g/mol. The molecule has 0 aliphatic rings. The molecule has 15 heavy (non-hydrogen) atoms. The topological polar surface area (TPSA) is 29.1 Å². The molecule has 0 saturated carbocycles. The van der Waals surface area contributed by atoms with Crippen molar-refractivity contribution in [1.29, 1.82) is 0 Å². The van der Waals surface area contributed by atoms with Crippen LogP contribution in [0.25, 0.3) is 0 Å². The summed E-state index contributed by atoms with van der Waals surface area (Å²) in [6.45, 7) is 9.05. The van der Waals surface area contributed by atoms with E-state index in [4.69, 9.17) is 0 Å². The van der Waals surface area contributed by atoms with E-state index >= 15 is 0 Å². The first kappa shape index (κ1) is 16.8. The van der Waals surface area contributed by atoms with E-state index in [2.05, 4.69) is 12.2 Å². The zero-order valence-corrected chi connectivity index (χ0v) is 10.8. The first-order valence-corrected chi connectivity index (χ1v) is 5.94. The highest BCUT2D eigenvalue weighted by Gasteiger charge is 2.16. The summed E-state index contributed by atoms with van der Waals surface area (Å²) >= 11 is 0. The van der Waals surface area contributed by atoms with Gasteiger partial charge in [-0.2, -0.15) is 0 Å². The molecule has 1 N–H and O–H groups in total. The van der Waals surface area contributed by atoms with Crippen LogP contribution in [0.4, 0.5) is 4.39 Å². The molecule has 94 valence electrons. The summed E-state index contributed by atoms with van der Waals surface area (Å²) in [7, 11) is 0. The molecule has 2 atom stereocenters. The molecular formula is C12H28FNO. The largest absolute Gasteiger partial charge is 0.351 e. The fourth-order valence-electron chi connectivity index (χ4n) is 1.32. The summed E-state index contributed by atoms with van der Waals surface area (Å²) in [4.78, 5) is 10.7. The third-order valence-electron chi connectivity index (χ3n) is 2.25. The number of halogens is 1. The van der Waals surface area contributed by atoms with E-state index < -0.39 is 6.67 Å². The third-order valence-corrected chi connectivity index (χ3v) is 2.25. The van der Waals surface area contributed by atoms with Gasteiger partial charge >= 0.3 is 0 Å². The first-order valence-electron chi connectivity index (χ1n) is 5.94. The lowest BCUT2D eigenvalue weighted by Crippen LogP contribution is -2.39. The van der Waals surface area contributed by atoms with Crippen LogP contribution in [0.1, 0.15) is 55.3 Å². The number of alkyl halides is 1. The van der Waals surface area contributed by atoms with Gasteiger partial charge in [-0.1, -0.05) is 40.5 Å². The van der Waals surface area contributed by atoms with E-state index in [1.807, 2.05) is 20.8 Å². The van der Waals surface area contributed by atoms with Crippen LogP contribution in [-0.4, -0.2) is 18.6 Å². The number of amides is 1. The number of hydrogen-bond acceptors (Lipinski definition) is 1. The minimum Gasteiger partial charge on any atom is -0.351 e. The molecule has 1 amide bonds. The number of nitrogens with one attached hydrogen (secondary N) is 1. The van der Waals surface area contributed by atoms with E-state index in [-0.39, 0.29) is 19.3 Å². The van der Waals surface area contributed by atoms with Gasteiger partial charge in [-0.05, 0) is 12.3 Å². The van der Waals surface area contributed by atoms with Crippen LogP contribution in [0.15, 0.2) is 0 Å². The van der Waals surface area contributed by atoms with Gasteiger partial charge in [0.2, 0.25) is 5.91 Å². The Hall–Kier alpha value is -0.600. The second-order valence-corrected chi connectivity index (χ2v) is 3.58. The van der Waals surface area contributed by atoms with Crippen molar-refractivity contribution in [2.45, 2.75) is 59.9 Å². The molecule has 2 unspecified atom stereocenters. The maximum absolute atomic E-state index is 12.5. The Morgan fingerprint density at radius 3 is 2.33 bits per heavy atom. The minimum atomic E-state index is -0.468. The molecule has 0 radical (unpaired) electrons. The summed E-state index contributed by atoms with van der Waals surface area (Å²) in [6.07, 6.45) is 3.19. The molecule has 0 aromatic rings. The molecule has 3 heteroatoms. The standard InChI is InChI=1S/C10H20FNO.C2H6.H2/c1-4-5-6-8(2)10(7-11)12-9(3)13;1-2;/h8,10H,4-7H2,1-3H3,(H,12,13);1-2H3;1H. The highest BCUT2D eigenvalue weighted by molar-refractivity contribution is 5.73. The van der Waals surface area contributed by atoms with Crippen LogP contribution in [-0.2, 0) is 4.79 Å². The van der Waals surface area contributed by atoms with Gasteiger partial charge in [-0.25, -0.2) is 4.39 Å². The quantitative estimate of drug-likeness (QED) is 0.730. The highest BCUT2D eigenvalue weighted by atomic mass is 19.1. The van der Waals surface area contributed by atoms with E-state index in [1.54, 1.807) is 0 Å². The molecule has 0 aliphatic carbocycles. The van der Waals surface area contributed by atoms with Gasteiger partial charge in [-0.3, -0.25) is 4.79 Å². The number of carbonyl (C=O) groups excluding carboxylic acids is 1. The van der Waals surface area contributed by atoms with Crippen LogP contribution in [0, 0.1) is 5.92 Å². The van der Waals surface area contributed by atoms with Crippen molar-refractivity contribution >= 4 is 5.91 Å². The molecule has 0 heterocycles. The van der Waals surface area contributed by atoms with Gasteiger partial charge in [0.1, 0.15) is 6.67 Å². The number of rotatable bonds is 6. The molecular weight excluding hydrogens is 193 g/mol. The molecule has 2 nitrogen and oxygen atoms in total. The molecule has 0 fully saturated rings. The van der Waals surface area contributed by atoms with Crippen LogP contribution in [0.2, 0.25) is 0 Å². The number of unbranched alkanes of at least 4 members (excludes halogenated alkanes) is 1. The van der Waals surface area contributed by atoms with Gasteiger partial charge < -0.3 is 5.32 Å². The van der Waals surface area contributed by atoms with Crippen LogP contribution >= 0.6 is 0 Å². The molecule has 0 saturated heterocycles. The van der Waals surface area contributed by atoms with Crippen molar-refractivity contribution in [3.63, 3.8) is 0 Å². The van der Waals surface area contributed by atoms with Gasteiger partial charge in [0.25, 0.3) is 0 Å². The lowest BCUT2D eigenvalue weighted by molar-refractivity contribution is -0.120. The molecule has 0 rings (SSSR count). The smallest absolute Gasteiger partial charge is 0.217 e. The van der Waals surface area contributed by atoms with Crippen molar-refractivity contribution in [1.82, 2.24) is 5.32 Å². The predicted molar refractivity (Wildman–Crippen MR) is 65.7 cm³/mol. The van der Waals surface area contributed by atoms with Gasteiger partial charge in [0, 0.05) is 8.35 Å². The molecule has 0 spiro atoms. The molecule has 0 aliphatic heterocycles. The summed E-state index contributed by atoms with van der Waals surface area (Å²) in [5.41, 5.74) is 0. The maximum atomic E-state index is 12.5. The van der Waals surface area contributed by atoms with Crippen molar-refractivity contribution in [2.24, 2.45) is 5.92 Å². The summed E-state index contributed by atoms with van der Waals surface area (Å²) in [6, 6.07) is -0.302. The maximum Gasteiger partial charge on any atom is 0.217 e. The third kappa shape index (κ3) is 9.70. The van der Waals surface area contributed by atoms with Crippen molar-refractivity contribution in [2.75, 3.05) is 6.67 Å². The van der Waals surface area contributed by atoms with Gasteiger partial charge in [0.15, 0.2) is 0 Å². The molecule has 0 bridgehead atoms. The summed E-state index contributed by atoms with van der Waals surface area (Å²) < 4.78 is 12.5. The number of carbonyl (C=O) groups is 1.